The van der Waals surface area contributed by atoms with E-state index in [4.69, 9.17) is 14.2 Å². The van der Waals surface area contributed by atoms with Crippen molar-refractivity contribution in [3.63, 3.8) is 0 Å². The van der Waals surface area contributed by atoms with Gasteiger partial charge in [-0.2, -0.15) is 0 Å². The number of aliphatic carboxylic acids is 1. The van der Waals surface area contributed by atoms with E-state index >= 15 is 0 Å². The number of hydrogen-bond donors (Lipinski definition) is 4. The van der Waals surface area contributed by atoms with Crippen LogP contribution < -0.4 is 10.6 Å². The molecule has 17 heteroatoms. The Morgan fingerprint density at radius 2 is 1.62 bits per heavy atom. The largest absolute Gasteiger partial charge is 0.480 e. The fourth-order valence-electron chi connectivity index (χ4n) is 6.01. The molecule has 53 heavy (non-hydrogen) atoms. The zero-order valence-corrected chi connectivity index (χ0v) is 29.9. The molecule has 0 bridgehead atoms. The van der Waals surface area contributed by atoms with E-state index < -0.39 is 90.8 Å². The van der Waals surface area contributed by atoms with Gasteiger partial charge in [0.15, 0.2) is 5.79 Å². The standard InChI is InChI=1S/C36H42N6O11/c1-35(2,3)53-28(45)16-25(32(48)38-23(31(47)37-17-27(43)44)15-20-11-7-6-8-12-20)42-29(30(46)26-19-51-36(4,5)52-26)24(39-40-42)18-41-33(49)21-13-9-10-14-22(21)34(41)50/h6-14,23,25-26,30,46H,15-19H2,1-5H3,(H,37,47)(H,38,48)(H,43,44)/t23-,25-,26+,30?/m0/s1. The Morgan fingerprint density at radius 1 is 1.00 bits per heavy atom. The Kier molecular flexibility index (Phi) is 11.4. The van der Waals surface area contributed by atoms with Gasteiger partial charge in [-0.3, -0.25) is 33.7 Å². The Balaban J connectivity index is 1.56. The summed E-state index contributed by atoms with van der Waals surface area (Å²) in [6.07, 6.45) is -3.39. The summed E-state index contributed by atoms with van der Waals surface area (Å²) in [5, 5.41) is 34.3. The SMILES string of the molecule is CC(C)(C)OC(=O)C[C@@H](C(=O)N[C@@H](Cc1ccccc1)C(=O)NCC(=O)O)n1nnc(CN2C(=O)c3ccccc3C2=O)c1C(O)[C@H]1COC(C)(C)O1. The second-order valence-corrected chi connectivity index (χ2v) is 14.1. The van der Waals surface area contributed by atoms with Crippen molar-refractivity contribution in [2.45, 2.75) is 89.7 Å². The van der Waals surface area contributed by atoms with E-state index in [9.17, 15) is 39.0 Å². The average molecular weight is 735 g/mol. The third-order valence-electron chi connectivity index (χ3n) is 8.36. The summed E-state index contributed by atoms with van der Waals surface area (Å²) in [4.78, 5) is 79.8. The molecule has 2 aromatic carbocycles. The average Bonchev–Trinajstić information content (AvgIpc) is 3.75. The van der Waals surface area contributed by atoms with Crippen molar-refractivity contribution in [2.75, 3.05) is 13.2 Å². The lowest BCUT2D eigenvalue weighted by atomic mass is 10.0. The highest BCUT2D eigenvalue weighted by Gasteiger charge is 2.44. The minimum atomic E-state index is -1.63. The number of carbonyl (C=O) groups excluding carboxylic acids is 5. The highest BCUT2D eigenvalue weighted by Crippen LogP contribution is 2.35. The van der Waals surface area contributed by atoms with Crippen LogP contribution in [0.25, 0.3) is 0 Å². The molecule has 1 fully saturated rings. The third kappa shape index (κ3) is 9.29. The first-order chi connectivity index (χ1) is 24.9. The van der Waals surface area contributed by atoms with Crippen molar-refractivity contribution in [3.8, 4) is 0 Å². The van der Waals surface area contributed by atoms with Gasteiger partial charge in [-0.05, 0) is 52.3 Å². The normalized spacial score (nSPS) is 18.2. The Bertz CT molecular complexity index is 1850. The van der Waals surface area contributed by atoms with Crippen LogP contribution in [0.1, 0.15) is 90.9 Å². The van der Waals surface area contributed by atoms with Gasteiger partial charge in [0.25, 0.3) is 11.8 Å². The van der Waals surface area contributed by atoms with Gasteiger partial charge in [-0.25, -0.2) is 4.68 Å². The van der Waals surface area contributed by atoms with E-state index in [0.717, 1.165) is 9.58 Å². The van der Waals surface area contributed by atoms with E-state index in [1.807, 2.05) is 0 Å². The zero-order valence-electron chi connectivity index (χ0n) is 29.9. The van der Waals surface area contributed by atoms with Crippen LogP contribution in [0.3, 0.4) is 0 Å². The van der Waals surface area contributed by atoms with E-state index in [1.54, 1.807) is 77.1 Å². The number of carbonyl (C=O) groups is 6. The number of benzene rings is 2. The van der Waals surface area contributed by atoms with Crippen molar-refractivity contribution in [1.29, 1.82) is 0 Å². The van der Waals surface area contributed by atoms with Crippen LogP contribution in [-0.4, -0.2) is 102 Å². The lowest BCUT2D eigenvalue weighted by Gasteiger charge is -2.27. The number of carboxylic acid groups (broad SMARTS) is 1. The maximum atomic E-state index is 14.3. The number of rotatable bonds is 14. The monoisotopic (exact) mass is 734 g/mol. The topological polar surface area (TPSA) is 229 Å². The highest BCUT2D eigenvalue weighted by atomic mass is 16.7. The van der Waals surface area contributed by atoms with Crippen LogP contribution in [0, 0.1) is 0 Å². The van der Waals surface area contributed by atoms with Gasteiger partial charge >= 0.3 is 11.9 Å². The summed E-state index contributed by atoms with van der Waals surface area (Å²) in [5.41, 5.74) is -0.225. The van der Waals surface area contributed by atoms with Crippen LogP contribution in [0.4, 0.5) is 0 Å². The van der Waals surface area contributed by atoms with Gasteiger partial charge in [0.05, 0.1) is 36.4 Å². The number of amides is 4. The lowest BCUT2D eigenvalue weighted by Crippen LogP contribution is -2.51. The summed E-state index contributed by atoms with van der Waals surface area (Å²) in [7, 11) is 0. The van der Waals surface area contributed by atoms with E-state index in [2.05, 4.69) is 20.9 Å². The number of nitrogens with zero attached hydrogens (tertiary/aromatic N) is 4. The third-order valence-corrected chi connectivity index (χ3v) is 8.36. The van der Waals surface area contributed by atoms with Crippen LogP contribution in [-0.2, 0) is 46.4 Å². The summed E-state index contributed by atoms with van der Waals surface area (Å²) in [6.45, 7) is 6.88. The van der Waals surface area contributed by atoms with Crippen molar-refractivity contribution >= 4 is 35.6 Å². The fraction of sp³-hybridized carbons (Fsp3) is 0.444. The fourth-order valence-corrected chi connectivity index (χ4v) is 6.01. The van der Waals surface area contributed by atoms with E-state index in [1.165, 1.54) is 12.1 Å². The Hall–Kier alpha value is -5.52. The zero-order chi connectivity index (χ0) is 38.7. The second kappa shape index (κ2) is 15.6. The quantitative estimate of drug-likeness (QED) is 0.136. The van der Waals surface area contributed by atoms with Crippen LogP contribution in [0.2, 0.25) is 0 Å². The molecule has 17 nitrogen and oxygen atoms in total. The minimum Gasteiger partial charge on any atom is -0.480 e. The molecule has 3 heterocycles. The van der Waals surface area contributed by atoms with Crippen molar-refractivity contribution in [1.82, 2.24) is 30.5 Å². The summed E-state index contributed by atoms with van der Waals surface area (Å²) < 4.78 is 18.1. The summed E-state index contributed by atoms with van der Waals surface area (Å²) in [5.74, 6) is -6.22. The predicted octanol–water partition coefficient (Wildman–Crippen LogP) is 1.46. The van der Waals surface area contributed by atoms with Gasteiger partial charge < -0.3 is 35.1 Å². The molecule has 5 rings (SSSR count). The first-order valence-electron chi connectivity index (χ1n) is 16.9. The number of hydrogen-bond acceptors (Lipinski definition) is 12. The molecule has 4 amide bonds. The number of fused-ring (bicyclic) bond motifs is 1. The summed E-state index contributed by atoms with van der Waals surface area (Å²) in [6, 6.07) is 11.9. The van der Waals surface area contributed by atoms with E-state index in [-0.39, 0.29) is 35.5 Å². The van der Waals surface area contributed by atoms with Crippen molar-refractivity contribution in [2.24, 2.45) is 0 Å². The molecule has 0 saturated carbocycles. The second-order valence-electron chi connectivity index (χ2n) is 14.1. The van der Waals surface area contributed by atoms with Gasteiger partial charge in [-0.1, -0.05) is 47.7 Å². The van der Waals surface area contributed by atoms with Gasteiger partial charge in [0, 0.05) is 6.42 Å². The molecular formula is C36H42N6O11. The Labute approximate surface area is 304 Å². The molecule has 4 atom stereocenters. The number of carboxylic acids is 1. The first kappa shape index (κ1) is 38.7. The molecule has 4 N–H and O–H groups in total. The highest BCUT2D eigenvalue weighted by molar-refractivity contribution is 6.21. The van der Waals surface area contributed by atoms with Crippen molar-refractivity contribution in [3.05, 3.63) is 82.7 Å². The lowest BCUT2D eigenvalue weighted by molar-refractivity contribution is -0.157. The molecule has 0 spiro atoms. The summed E-state index contributed by atoms with van der Waals surface area (Å²) >= 11 is 0. The number of aromatic nitrogens is 3. The molecule has 1 aromatic heterocycles. The van der Waals surface area contributed by atoms with Gasteiger partial charge in [-0.15, -0.1) is 5.10 Å². The number of aliphatic hydroxyl groups excluding tert-OH is 1. The number of aliphatic hydroxyl groups is 1. The van der Waals surface area contributed by atoms with E-state index in [0.29, 0.717) is 5.56 Å². The van der Waals surface area contributed by atoms with Crippen LogP contribution >= 0.6 is 0 Å². The number of esters is 1. The van der Waals surface area contributed by atoms with Crippen LogP contribution in [0.15, 0.2) is 54.6 Å². The molecule has 2 aliphatic heterocycles. The maximum Gasteiger partial charge on any atom is 0.322 e. The molecule has 1 unspecified atom stereocenters. The Morgan fingerprint density at radius 3 is 2.19 bits per heavy atom. The number of ether oxygens (including phenoxy) is 3. The molecule has 1 saturated heterocycles. The smallest absolute Gasteiger partial charge is 0.322 e. The van der Waals surface area contributed by atoms with Gasteiger partial charge in [0.1, 0.15) is 42.1 Å². The molecule has 0 aliphatic carbocycles. The maximum absolute atomic E-state index is 14.3. The van der Waals surface area contributed by atoms with Crippen molar-refractivity contribution < 1.29 is 53.2 Å². The molecular weight excluding hydrogens is 692 g/mol. The molecule has 282 valence electrons. The van der Waals surface area contributed by atoms with Gasteiger partial charge in [0.2, 0.25) is 11.8 Å². The molecule has 2 aliphatic rings. The van der Waals surface area contributed by atoms with Crippen LogP contribution in [0.5, 0.6) is 0 Å². The molecule has 3 aromatic rings. The molecule has 0 radical (unpaired) electrons. The minimum absolute atomic E-state index is 0.0582. The first-order valence-corrected chi connectivity index (χ1v) is 16.9. The predicted molar refractivity (Wildman–Crippen MR) is 183 cm³/mol. The number of nitrogens with one attached hydrogen (secondary N) is 2. The number of imide groups is 1.